The molecule has 0 radical (unpaired) electrons. The minimum atomic E-state index is 0.0141. The first kappa shape index (κ1) is 15.9. The number of nitrogens with zero attached hydrogens (tertiary/aromatic N) is 1. The first-order valence-electron chi connectivity index (χ1n) is 7.47. The van der Waals surface area contributed by atoms with Gasteiger partial charge < -0.3 is 5.32 Å². The number of anilines is 1. The van der Waals surface area contributed by atoms with Crippen molar-refractivity contribution in [2.24, 2.45) is 0 Å². The average molecular weight is 342 g/mol. The van der Waals surface area contributed by atoms with Gasteiger partial charge in [-0.25, -0.2) is 4.98 Å². The highest BCUT2D eigenvalue weighted by molar-refractivity contribution is 7.14. The van der Waals surface area contributed by atoms with Crippen LogP contribution < -0.4 is 5.32 Å². The number of rotatable bonds is 5. The highest BCUT2D eigenvalue weighted by atomic mass is 32.1. The van der Waals surface area contributed by atoms with E-state index in [1.165, 1.54) is 27.3 Å². The Balaban J connectivity index is 1.65. The zero-order valence-corrected chi connectivity index (χ0v) is 14.8. The molecule has 0 aliphatic carbocycles. The number of aromatic nitrogens is 1. The number of benzene rings is 1. The van der Waals surface area contributed by atoms with Crippen molar-refractivity contribution >= 4 is 33.7 Å². The third-order valence-corrected chi connectivity index (χ3v) is 5.29. The lowest BCUT2D eigenvalue weighted by molar-refractivity contribution is -0.116. The topological polar surface area (TPSA) is 42.0 Å². The first-order valence-corrected chi connectivity index (χ1v) is 9.23. The number of carbonyl (C=O) groups excluding carboxylic acids is 1. The number of thiophene rings is 1. The molecule has 3 aromatic rings. The van der Waals surface area contributed by atoms with Gasteiger partial charge in [0.15, 0.2) is 5.13 Å². The Kier molecular flexibility index (Phi) is 4.88. The molecule has 0 aliphatic rings. The summed E-state index contributed by atoms with van der Waals surface area (Å²) < 4.78 is 0. The Morgan fingerprint density at radius 2 is 2.09 bits per heavy atom. The van der Waals surface area contributed by atoms with Gasteiger partial charge in [-0.1, -0.05) is 23.8 Å². The van der Waals surface area contributed by atoms with E-state index in [1.807, 2.05) is 16.8 Å². The summed E-state index contributed by atoms with van der Waals surface area (Å²) in [4.78, 5) is 17.8. The molecule has 0 fully saturated rings. The summed E-state index contributed by atoms with van der Waals surface area (Å²) in [5.41, 5.74) is 4.45. The fourth-order valence-corrected chi connectivity index (χ4v) is 3.78. The van der Waals surface area contributed by atoms with Gasteiger partial charge in [0, 0.05) is 22.2 Å². The number of carbonyl (C=O) groups is 1. The van der Waals surface area contributed by atoms with E-state index < -0.39 is 0 Å². The van der Waals surface area contributed by atoms with Gasteiger partial charge in [-0.2, -0.15) is 0 Å². The van der Waals surface area contributed by atoms with E-state index in [2.05, 4.69) is 48.4 Å². The number of thiazole rings is 1. The maximum Gasteiger partial charge on any atom is 0.226 e. The summed E-state index contributed by atoms with van der Waals surface area (Å²) in [5, 5.41) is 7.59. The monoisotopic (exact) mass is 342 g/mol. The molecule has 0 atom stereocenters. The number of hydrogen-bond acceptors (Lipinski definition) is 4. The maximum atomic E-state index is 12.0. The largest absolute Gasteiger partial charge is 0.302 e. The van der Waals surface area contributed by atoms with Crippen molar-refractivity contribution in [2.75, 3.05) is 5.32 Å². The molecule has 118 valence electrons. The maximum absolute atomic E-state index is 12.0. The third-order valence-electron chi connectivity index (χ3n) is 3.60. The summed E-state index contributed by atoms with van der Waals surface area (Å²) >= 11 is 3.15. The summed E-state index contributed by atoms with van der Waals surface area (Å²) in [6.07, 6.45) is 1.26. The molecule has 5 heteroatoms. The molecular formula is C18H18N2OS2. The van der Waals surface area contributed by atoms with Crippen LogP contribution in [-0.4, -0.2) is 10.9 Å². The van der Waals surface area contributed by atoms with Gasteiger partial charge in [-0.3, -0.25) is 4.79 Å². The molecule has 2 heterocycles. The zero-order chi connectivity index (χ0) is 16.2. The van der Waals surface area contributed by atoms with Crippen molar-refractivity contribution in [1.29, 1.82) is 0 Å². The summed E-state index contributed by atoms with van der Waals surface area (Å²) in [5.74, 6) is 0.0141. The molecular weight excluding hydrogens is 324 g/mol. The Morgan fingerprint density at radius 3 is 2.87 bits per heavy atom. The Hall–Kier alpha value is -1.98. The lowest BCUT2D eigenvalue weighted by atomic mass is 10.0. The molecule has 0 aliphatic heterocycles. The normalized spacial score (nSPS) is 10.7. The van der Waals surface area contributed by atoms with Crippen LogP contribution in [-0.2, 0) is 11.2 Å². The second kappa shape index (κ2) is 7.06. The van der Waals surface area contributed by atoms with Crippen LogP contribution in [0, 0.1) is 13.8 Å². The second-order valence-corrected chi connectivity index (χ2v) is 7.37. The van der Waals surface area contributed by atoms with E-state index >= 15 is 0 Å². The SMILES string of the molecule is Cc1ccc(C)c(-c2csc(NC(=O)CCc3cccs3)n2)c1. The molecule has 0 saturated heterocycles. The smallest absolute Gasteiger partial charge is 0.226 e. The molecule has 0 unspecified atom stereocenters. The standard InChI is InChI=1S/C18H18N2OS2/c1-12-5-6-13(2)15(10-12)16-11-23-18(19-16)20-17(21)8-7-14-4-3-9-22-14/h3-6,9-11H,7-8H2,1-2H3,(H,19,20,21). The summed E-state index contributed by atoms with van der Waals surface area (Å²) in [6, 6.07) is 10.4. The van der Waals surface area contributed by atoms with Crippen molar-refractivity contribution in [1.82, 2.24) is 4.98 Å². The molecule has 0 spiro atoms. The van der Waals surface area contributed by atoms with Crippen LogP contribution in [0.3, 0.4) is 0 Å². The van der Waals surface area contributed by atoms with Crippen LogP contribution in [0.1, 0.15) is 22.4 Å². The van der Waals surface area contributed by atoms with Crippen molar-refractivity contribution < 1.29 is 4.79 Å². The van der Waals surface area contributed by atoms with Crippen LogP contribution >= 0.6 is 22.7 Å². The van der Waals surface area contributed by atoms with Crippen molar-refractivity contribution in [3.63, 3.8) is 0 Å². The predicted molar refractivity (Wildman–Crippen MR) is 98.3 cm³/mol. The van der Waals surface area contributed by atoms with Crippen LogP contribution in [0.4, 0.5) is 5.13 Å². The molecule has 1 N–H and O–H groups in total. The lowest BCUT2D eigenvalue weighted by Gasteiger charge is -2.04. The minimum Gasteiger partial charge on any atom is -0.302 e. The van der Waals surface area contributed by atoms with Gasteiger partial charge in [0.05, 0.1) is 5.69 Å². The Morgan fingerprint density at radius 1 is 1.22 bits per heavy atom. The Labute approximate surface area is 144 Å². The molecule has 3 nitrogen and oxygen atoms in total. The van der Waals surface area contributed by atoms with Crippen LogP contribution in [0.25, 0.3) is 11.3 Å². The minimum absolute atomic E-state index is 0.0141. The van der Waals surface area contributed by atoms with Crippen molar-refractivity contribution in [3.05, 3.63) is 57.1 Å². The number of aryl methyl sites for hydroxylation is 3. The van der Waals surface area contributed by atoms with E-state index in [4.69, 9.17) is 0 Å². The van der Waals surface area contributed by atoms with E-state index in [-0.39, 0.29) is 5.91 Å². The molecule has 23 heavy (non-hydrogen) atoms. The first-order chi connectivity index (χ1) is 11.1. The van der Waals surface area contributed by atoms with Crippen LogP contribution in [0.5, 0.6) is 0 Å². The molecule has 0 saturated carbocycles. The van der Waals surface area contributed by atoms with Gasteiger partial charge in [0.2, 0.25) is 5.91 Å². The lowest BCUT2D eigenvalue weighted by Crippen LogP contribution is -2.11. The van der Waals surface area contributed by atoms with Gasteiger partial charge in [0.1, 0.15) is 0 Å². The van der Waals surface area contributed by atoms with Gasteiger partial charge in [0.25, 0.3) is 0 Å². The fourth-order valence-electron chi connectivity index (χ4n) is 2.34. The molecule has 1 amide bonds. The van der Waals surface area contributed by atoms with E-state index in [0.29, 0.717) is 11.6 Å². The van der Waals surface area contributed by atoms with Gasteiger partial charge in [-0.05, 0) is 43.3 Å². The van der Waals surface area contributed by atoms with Gasteiger partial charge in [-0.15, -0.1) is 22.7 Å². The van der Waals surface area contributed by atoms with E-state index in [1.54, 1.807) is 11.3 Å². The molecule has 3 rings (SSSR count). The van der Waals surface area contributed by atoms with E-state index in [9.17, 15) is 4.79 Å². The van der Waals surface area contributed by atoms with Crippen molar-refractivity contribution in [3.8, 4) is 11.3 Å². The quantitative estimate of drug-likeness (QED) is 0.704. The Bertz CT molecular complexity index is 806. The predicted octanol–water partition coefficient (Wildman–Crippen LogP) is 5.06. The number of nitrogens with one attached hydrogen (secondary N) is 1. The third kappa shape index (κ3) is 4.06. The van der Waals surface area contributed by atoms with Crippen LogP contribution in [0.15, 0.2) is 41.1 Å². The average Bonchev–Trinajstić information content (AvgIpc) is 3.19. The summed E-state index contributed by atoms with van der Waals surface area (Å²) in [6.45, 7) is 4.15. The van der Waals surface area contributed by atoms with Crippen LogP contribution in [0.2, 0.25) is 0 Å². The highest BCUT2D eigenvalue weighted by Gasteiger charge is 2.10. The fraction of sp³-hybridized carbons (Fsp3) is 0.222. The van der Waals surface area contributed by atoms with Gasteiger partial charge >= 0.3 is 0 Å². The molecule has 1 aromatic carbocycles. The summed E-state index contributed by atoms with van der Waals surface area (Å²) in [7, 11) is 0. The second-order valence-electron chi connectivity index (χ2n) is 5.48. The molecule has 0 bridgehead atoms. The number of amides is 1. The van der Waals surface area contributed by atoms with Crippen molar-refractivity contribution in [2.45, 2.75) is 26.7 Å². The highest BCUT2D eigenvalue weighted by Crippen LogP contribution is 2.28. The molecule has 2 aromatic heterocycles. The number of hydrogen-bond donors (Lipinski definition) is 1. The zero-order valence-electron chi connectivity index (χ0n) is 13.1. The van der Waals surface area contributed by atoms with E-state index in [0.717, 1.165) is 17.7 Å².